The van der Waals surface area contributed by atoms with Gasteiger partial charge in [0, 0.05) is 18.8 Å². The maximum Gasteiger partial charge on any atom is 0.246 e. The third-order valence-corrected chi connectivity index (χ3v) is 4.66. The molecule has 0 bridgehead atoms. The van der Waals surface area contributed by atoms with Gasteiger partial charge in [0.2, 0.25) is 11.8 Å². The highest BCUT2D eigenvalue weighted by atomic mass is 16.2. The summed E-state index contributed by atoms with van der Waals surface area (Å²) in [5.74, 6) is 0.118. The summed E-state index contributed by atoms with van der Waals surface area (Å²) < 4.78 is 0. The molecule has 5 nitrogen and oxygen atoms in total. The second-order valence-electron chi connectivity index (χ2n) is 6.13. The molecule has 5 heteroatoms. The molecule has 1 atom stereocenters. The van der Waals surface area contributed by atoms with Crippen LogP contribution in [0.4, 0.5) is 5.69 Å². The summed E-state index contributed by atoms with van der Waals surface area (Å²) in [6.07, 6.45) is 3.15. The number of rotatable bonds is 2. The Balaban J connectivity index is 1.65. The Hall–Kier alpha value is -1.88. The first-order chi connectivity index (χ1) is 10.7. The van der Waals surface area contributed by atoms with Crippen molar-refractivity contribution in [2.75, 3.05) is 38.1 Å². The van der Waals surface area contributed by atoms with Crippen LogP contribution in [-0.4, -0.2) is 60.9 Å². The third-order valence-electron chi connectivity index (χ3n) is 4.66. The standard InChI is InChI=1S/C17H23N3O2/c1-18-10-6-5-9-15(18)17(22)19-11-12-20(16(21)13-19)14-7-3-2-4-8-14/h2-4,7-8,15H,5-6,9-13H2,1H3. The molecule has 2 heterocycles. The average Bonchev–Trinajstić information content (AvgIpc) is 2.55. The lowest BCUT2D eigenvalue weighted by molar-refractivity contribution is -0.142. The van der Waals surface area contributed by atoms with E-state index in [2.05, 4.69) is 4.90 Å². The first-order valence-electron chi connectivity index (χ1n) is 8.01. The number of hydrogen-bond donors (Lipinski definition) is 0. The van der Waals surface area contributed by atoms with Crippen molar-refractivity contribution >= 4 is 17.5 Å². The van der Waals surface area contributed by atoms with E-state index in [1.165, 1.54) is 0 Å². The smallest absolute Gasteiger partial charge is 0.246 e. The average molecular weight is 301 g/mol. The molecule has 2 amide bonds. The van der Waals surface area contributed by atoms with Gasteiger partial charge in [-0.25, -0.2) is 0 Å². The van der Waals surface area contributed by atoms with Crippen molar-refractivity contribution in [2.24, 2.45) is 0 Å². The van der Waals surface area contributed by atoms with Crippen LogP contribution in [0.25, 0.3) is 0 Å². The molecule has 0 saturated carbocycles. The van der Waals surface area contributed by atoms with Gasteiger partial charge in [0.25, 0.3) is 0 Å². The minimum absolute atomic E-state index is 0.00395. The predicted octanol–water partition coefficient (Wildman–Crippen LogP) is 1.35. The predicted molar refractivity (Wildman–Crippen MR) is 85.6 cm³/mol. The molecular weight excluding hydrogens is 278 g/mol. The van der Waals surface area contributed by atoms with E-state index >= 15 is 0 Å². The highest BCUT2D eigenvalue weighted by Gasteiger charge is 2.34. The van der Waals surface area contributed by atoms with Gasteiger partial charge >= 0.3 is 0 Å². The van der Waals surface area contributed by atoms with Gasteiger partial charge in [-0.2, -0.15) is 0 Å². The number of likely N-dealkylation sites (N-methyl/N-ethyl adjacent to an activating group) is 1. The van der Waals surface area contributed by atoms with E-state index < -0.39 is 0 Å². The zero-order valence-corrected chi connectivity index (χ0v) is 13.1. The molecule has 118 valence electrons. The van der Waals surface area contributed by atoms with Crippen molar-refractivity contribution in [3.63, 3.8) is 0 Å². The van der Waals surface area contributed by atoms with Crippen molar-refractivity contribution in [1.82, 2.24) is 9.80 Å². The number of likely N-dealkylation sites (tertiary alicyclic amines) is 1. The van der Waals surface area contributed by atoms with E-state index in [-0.39, 0.29) is 24.4 Å². The second kappa shape index (κ2) is 6.48. The van der Waals surface area contributed by atoms with E-state index in [9.17, 15) is 9.59 Å². The number of hydrogen-bond acceptors (Lipinski definition) is 3. The summed E-state index contributed by atoms with van der Waals surface area (Å²) in [6.45, 7) is 2.35. The number of anilines is 1. The molecule has 0 aromatic heterocycles. The van der Waals surface area contributed by atoms with Crippen LogP contribution < -0.4 is 4.90 Å². The molecule has 0 radical (unpaired) electrons. The minimum atomic E-state index is -0.0511. The van der Waals surface area contributed by atoms with Crippen LogP contribution >= 0.6 is 0 Å². The summed E-state index contributed by atoms with van der Waals surface area (Å²) in [5.41, 5.74) is 0.911. The van der Waals surface area contributed by atoms with Crippen molar-refractivity contribution < 1.29 is 9.59 Å². The van der Waals surface area contributed by atoms with E-state index in [0.29, 0.717) is 13.1 Å². The lowest BCUT2D eigenvalue weighted by Crippen LogP contribution is -2.57. The Morgan fingerprint density at radius 3 is 2.55 bits per heavy atom. The Kier molecular flexibility index (Phi) is 4.43. The Bertz CT molecular complexity index is 546. The zero-order chi connectivity index (χ0) is 15.5. The first kappa shape index (κ1) is 15.0. The lowest BCUT2D eigenvalue weighted by Gasteiger charge is -2.39. The molecular formula is C17H23N3O2. The molecule has 2 fully saturated rings. The minimum Gasteiger partial charge on any atom is -0.330 e. The second-order valence-corrected chi connectivity index (χ2v) is 6.13. The lowest BCUT2D eigenvalue weighted by atomic mass is 10.0. The van der Waals surface area contributed by atoms with Crippen LogP contribution in [-0.2, 0) is 9.59 Å². The van der Waals surface area contributed by atoms with Crippen LogP contribution in [0.15, 0.2) is 30.3 Å². The van der Waals surface area contributed by atoms with E-state index in [4.69, 9.17) is 0 Å². The molecule has 22 heavy (non-hydrogen) atoms. The molecule has 0 N–H and O–H groups in total. The van der Waals surface area contributed by atoms with Gasteiger partial charge in [-0.05, 0) is 38.6 Å². The molecule has 1 aromatic carbocycles. The molecule has 0 spiro atoms. The maximum atomic E-state index is 12.7. The largest absolute Gasteiger partial charge is 0.330 e. The fourth-order valence-corrected chi connectivity index (χ4v) is 3.34. The molecule has 1 aromatic rings. The first-order valence-corrected chi connectivity index (χ1v) is 8.01. The quantitative estimate of drug-likeness (QED) is 0.828. The fraction of sp³-hybridized carbons (Fsp3) is 0.529. The molecule has 3 rings (SSSR count). The van der Waals surface area contributed by atoms with Crippen LogP contribution in [0.3, 0.4) is 0 Å². The maximum absolute atomic E-state index is 12.7. The van der Waals surface area contributed by atoms with Gasteiger partial charge in [0.05, 0.1) is 6.04 Å². The Morgan fingerprint density at radius 1 is 1.09 bits per heavy atom. The number of para-hydroxylation sites is 1. The molecule has 2 aliphatic heterocycles. The molecule has 0 aliphatic carbocycles. The van der Waals surface area contributed by atoms with Crippen LogP contribution in [0.5, 0.6) is 0 Å². The fourth-order valence-electron chi connectivity index (χ4n) is 3.34. The Morgan fingerprint density at radius 2 is 1.86 bits per heavy atom. The van der Waals surface area contributed by atoms with Gasteiger partial charge in [-0.1, -0.05) is 24.6 Å². The van der Waals surface area contributed by atoms with Gasteiger partial charge < -0.3 is 9.80 Å². The number of nitrogens with zero attached hydrogens (tertiary/aromatic N) is 3. The van der Waals surface area contributed by atoms with Crippen LogP contribution in [0.1, 0.15) is 19.3 Å². The third kappa shape index (κ3) is 2.99. The number of carbonyl (C=O) groups excluding carboxylic acids is 2. The molecule has 2 aliphatic rings. The van der Waals surface area contributed by atoms with Crippen molar-refractivity contribution in [2.45, 2.75) is 25.3 Å². The number of piperazine rings is 1. The number of piperidine rings is 1. The normalized spacial score (nSPS) is 23.7. The topological polar surface area (TPSA) is 43.9 Å². The van der Waals surface area contributed by atoms with Gasteiger partial charge in [0.1, 0.15) is 6.54 Å². The van der Waals surface area contributed by atoms with Crippen molar-refractivity contribution in [1.29, 1.82) is 0 Å². The van der Waals surface area contributed by atoms with Crippen molar-refractivity contribution in [3.8, 4) is 0 Å². The highest BCUT2D eigenvalue weighted by molar-refractivity contribution is 5.98. The number of amides is 2. The summed E-state index contributed by atoms with van der Waals surface area (Å²) in [4.78, 5) is 30.7. The summed E-state index contributed by atoms with van der Waals surface area (Å²) in [5, 5.41) is 0. The summed E-state index contributed by atoms with van der Waals surface area (Å²) in [6, 6.07) is 9.61. The summed E-state index contributed by atoms with van der Waals surface area (Å²) >= 11 is 0. The van der Waals surface area contributed by atoms with Gasteiger partial charge in [-0.3, -0.25) is 14.5 Å². The monoisotopic (exact) mass is 301 g/mol. The molecule has 1 unspecified atom stereocenters. The Labute approximate surface area is 131 Å². The zero-order valence-electron chi connectivity index (χ0n) is 13.1. The summed E-state index contributed by atoms with van der Waals surface area (Å²) in [7, 11) is 2.00. The van der Waals surface area contributed by atoms with Gasteiger partial charge in [0.15, 0.2) is 0 Å². The highest BCUT2D eigenvalue weighted by Crippen LogP contribution is 2.20. The van der Waals surface area contributed by atoms with E-state index in [1.807, 2.05) is 37.4 Å². The van der Waals surface area contributed by atoms with Crippen LogP contribution in [0, 0.1) is 0 Å². The van der Waals surface area contributed by atoms with E-state index in [1.54, 1.807) is 9.80 Å². The van der Waals surface area contributed by atoms with Crippen molar-refractivity contribution in [3.05, 3.63) is 30.3 Å². The van der Waals surface area contributed by atoms with E-state index in [0.717, 1.165) is 31.5 Å². The number of benzene rings is 1. The SMILES string of the molecule is CN1CCCCC1C(=O)N1CCN(c2ccccc2)C(=O)C1. The van der Waals surface area contributed by atoms with Gasteiger partial charge in [-0.15, -0.1) is 0 Å². The number of carbonyl (C=O) groups is 2. The molecule has 2 saturated heterocycles. The van der Waals surface area contributed by atoms with Crippen LogP contribution in [0.2, 0.25) is 0 Å².